The van der Waals surface area contributed by atoms with E-state index < -0.39 is 0 Å². The Morgan fingerprint density at radius 1 is 1.26 bits per heavy atom. The summed E-state index contributed by atoms with van der Waals surface area (Å²) in [5, 5.41) is 3.50. The molecule has 1 unspecified atom stereocenters. The number of nitrogens with one attached hydrogen (secondary N) is 1. The summed E-state index contributed by atoms with van der Waals surface area (Å²) >= 11 is 0. The Balaban J connectivity index is 1.89. The molecule has 1 aromatic carbocycles. The lowest BCUT2D eigenvalue weighted by molar-refractivity contribution is 0.297. The largest absolute Gasteiger partial charge is 0.493 e. The van der Waals surface area contributed by atoms with E-state index in [0.717, 1.165) is 44.1 Å². The van der Waals surface area contributed by atoms with E-state index >= 15 is 0 Å². The standard InChI is InChI=1S/C16H25NO2/c1-3-5-6-10-18-13-7-8-14-15(17-9-4-2)12-19-16(14)11-13/h7-8,11,15,17H,3-6,9-10,12H2,1-2H3. The minimum absolute atomic E-state index is 0.337. The lowest BCUT2D eigenvalue weighted by atomic mass is 10.1. The molecule has 2 rings (SSSR count). The van der Waals surface area contributed by atoms with Crippen molar-refractivity contribution in [2.75, 3.05) is 19.8 Å². The minimum atomic E-state index is 0.337. The van der Waals surface area contributed by atoms with Gasteiger partial charge < -0.3 is 14.8 Å². The van der Waals surface area contributed by atoms with Crippen LogP contribution in [0.1, 0.15) is 51.1 Å². The van der Waals surface area contributed by atoms with Gasteiger partial charge in [0.05, 0.1) is 12.6 Å². The SMILES string of the molecule is CCCCCOc1ccc2c(c1)OCC2NCCC. The molecule has 3 heteroatoms. The highest BCUT2D eigenvalue weighted by atomic mass is 16.5. The van der Waals surface area contributed by atoms with E-state index in [1.807, 2.05) is 6.07 Å². The van der Waals surface area contributed by atoms with Crippen molar-refractivity contribution in [1.29, 1.82) is 0 Å². The van der Waals surface area contributed by atoms with Crippen LogP contribution in [0.15, 0.2) is 18.2 Å². The van der Waals surface area contributed by atoms with Gasteiger partial charge in [-0.1, -0.05) is 26.7 Å². The first-order valence-corrected chi connectivity index (χ1v) is 7.48. The Morgan fingerprint density at radius 2 is 2.16 bits per heavy atom. The Labute approximate surface area is 116 Å². The molecule has 3 nitrogen and oxygen atoms in total. The van der Waals surface area contributed by atoms with E-state index in [1.165, 1.54) is 18.4 Å². The number of fused-ring (bicyclic) bond motifs is 1. The Morgan fingerprint density at radius 3 is 2.95 bits per heavy atom. The Hall–Kier alpha value is -1.22. The Bertz CT molecular complexity index is 392. The maximum atomic E-state index is 5.75. The van der Waals surface area contributed by atoms with Crippen LogP contribution in [0.25, 0.3) is 0 Å². The van der Waals surface area contributed by atoms with Gasteiger partial charge in [0.25, 0.3) is 0 Å². The van der Waals surface area contributed by atoms with Crippen LogP contribution in [0, 0.1) is 0 Å². The van der Waals surface area contributed by atoms with Crippen molar-refractivity contribution >= 4 is 0 Å². The molecule has 0 bridgehead atoms. The number of benzene rings is 1. The molecule has 0 aromatic heterocycles. The fourth-order valence-corrected chi connectivity index (χ4v) is 2.31. The second kappa shape index (κ2) is 7.39. The van der Waals surface area contributed by atoms with Crippen molar-refractivity contribution in [3.63, 3.8) is 0 Å². The van der Waals surface area contributed by atoms with Crippen molar-refractivity contribution in [2.45, 2.75) is 45.6 Å². The predicted octanol–water partition coefficient (Wildman–Crippen LogP) is 3.69. The number of rotatable bonds is 8. The molecule has 0 spiro atoms. The maximum absolute atomic E-state index is 5.75. The van der Waals surface area contributed by atoms with Crippen LogP contribution in [-0.4, -0.2) is 19.8 Å². The predicted molar refractivity (Wildman–Crippen MR) is 78.0 cm³/mol. The first-order valence-electron chi connectivity index (χ1n) is 7.48. The van der Waals surface area contributed by atoms with Crippen LogP contribution in [0.5, 0.6) is 11.5 Å². The van der Waals surface area contributed by atoms with Crippen LogP contribution >= 0.6 is 0 Å². The number of hydrogen-bond donors (Lipinski definition) is 1. The molecule has 19 heavy (non-hydrogen) atoms. The van der Waals surface area contributed by atoms with Crippen molar-refractivity contribution in [3.8, 4) is 11.5 Å². The van der Waals surface area contributed by atoms with E-state index in [1.54, 1.807) is 0 Å². The van der Waals surface area contributed by atoms with E-state index in [2.05, 4.69) is 31.3 Å². The second-order valence-corrected chi connectivity index (χ2v) is 5.07. The van der Waals surface area contributed by atoms with Crippen molar-refractivity contribution in [3.05, 3.63) is 23.8 Å². The molecule has 1 heterocycles. The Kier molecular flexibility index (Phi) is 5.52. The molecule has 1 N–H and O–H groups in total. The van der Waals surface area contributed by atoms with Gasteiger partial charge in [-0.2, -0.15) is 0 Å². The first kappa shape index (κ1) is 14.2. The van der Waals surface area contributed by atoms with Gasteiger partial charge in [0.1, 0.15) is 18.1 Å². The molecule has 0 saturated heterocycles. The molecule has 1 aliphatic rings. The highest BCUT2D eigenvalue weighted by Crippen LogP contribution is 2.35. The second-order valence-electron chi connectivity index (χ2n) is 5.07. The van der Waals surface area contributed by atoms with Gasteiger partial charge in [-0.3, -0.25) is 0 Å². The van der Waals surface area contributed by atoms with Gasteiger partial charge in [0.15, 0.2) is 0 Å². The zero-order valence-electron chi connectivity index (χ0n) is 12.1. The summed E-state index contributed by atoms with van der Waals surface area (Å²) in [6.45, 7) is 6.94. The van der Waals surface area contributed by atoms with Crippen LogP contribution < -0.4 is 14.8 Å². The highest BCUT2D eigenvalue weighted by Gasteiger charge is 2.23. The van der Waals surface area contributed by atoms with E-state index in [-0.39, 0.29) is 0 Å². The summed E-state index contributed by atoms with van der Waals surface area (Å²) in [5.41, 5.74) is 1.26. The smallest absolute Gasteiger partial charge is 0.127 e. The average Bonchev–Trinajstić information content (AvgIpc) is 2.84. The fraction of sp³-hybridized carbons (Fsp3) is 0.625. The quantitative estimate of drug-likeness (QED) is 0.726. The third kappa shape index (κ3) is 3.87. The molecule has 0 amide bonds. The van der Waals surface area contributed by atoms with E-state index in [9.17, 15) is 0 Å². The molecule has 0 aliphatic carbocycles. The maximum Gasteiger partial charge on any atom is 0.127 e. The topological polar surface area (TPSA) is 30.5 Å². The van der Waals surface area contributed by atoms with Gasteiger partial charge in [-0.05, 0) is 31.5 Å². The van der Waals surface area contributed by atoms with Crippen molar-refractivity contribution in [1.82, 2.24) is 5.32 Å². The molecule has 0 saturated carbocycles. The summed E-state index contributed by atoms with van der Waals surface area (Å²) < 4.78 is 11.5. The third-order valence-electron chi connectivity index (χ3n) is 3.42. The van der Waals surface area contributed by atoms with E-state index in [4.69, 9.17) is 9.47 Å². The number of unbranched alkanes of at least 4 members (excludes halogenated alkanes) is 2. The van der Waals surface area contributed by atoms with Crippen LogP contribution in [0.3, 0.4) is 0 Å². The van der Waals surface area contributed by atoms with E-state index in [0.29, 0.717) is 6.04 Å². The zero-order valence-corrected chi connectivity index (χ0v) is 12.1. The summed E-state index contributed by atoms with van der Waals surface area (Å²) in [7, 11) is 0. The van der Waals surface area contributed by atoms with Crippen LogP contribution in [0.4, 0.5) is 0 Å². The highest BCUT2D eigenvalue weighted by molar-refractivity contribution is 5.45. The summed E-state index contributed by atoms with van der Waals surface area (Å²) in [6.07, 6.45) is 4.71. The third-order valence-corrected chi connectivity index (χ3v) is 3.42. The summed E-state index contributed by atoms with van der Waals surface area (Å²) in [5.74, 6) is 1.90. The monoisotopic (exact) mass is 263 g/mol. The normalized spacial score (nSPS) is 17.1. The first-order chi connectivity index (χ1) is 9.35. The van der Waals surface area contributed by atoms with Gasteiger partial charge >= 0.3 is 0 Å². The zero-order chi connectivity index (χ0) is 13.5. The molecule has 1 aliphatic heterocycles. The average molecular weight is 263 g/mol. The fourth-order valence-electron chi connectivity index (χ4n) is 2.31. The lowest BCUT2D eigenvalue weighted by Gasteiger charge is -2.11. The molecular weight excluding hydrogens is 238 g/mol. The van der Waals surface area contributed by atoms with Gasteiger partial charge in [-0.25, -0.2) is 0 Å². The van der Waals surface area contributed by atoms with Gasteiger partial charge in [0, 0.05) is 11.6 Å². The molecular formula is C16H25NO2. The minimum Gasteiger partial charge on any atom is -0.493 e. The van der Waals surface area contributed by atoms with Gasteiger partial charge in [0.2, 0.25) is 0 Å². The number of ether oxygens (including phenoxy) is 2. The molecule has 0 fully saturated rings. The van der Waals surface area contributed by atoms with Crippen molar-refractivity contribution < 1.29 is 9.47 Å². The van der Waals surface area contributed by atoms with Gasteiger partial charge in [-0.15, -0.1) is 0 Å². The number of hydrogen-bond acceptors (Lipinski definition) is 3. The molecule has 0 radical (unpaired) electrons. The van der Waals surface area contributed by atoms with Crippen LogP contribution in [-0.2, 0) is 0 Å². The van der Waals surface area contributed by atoms with Crippen molar-refractivity contribution in [2.24, 2.45) is 0 Å². The summed E-state index contributed by atoms with van der Waals surface area (Å²) in [6, 6.07) is 6.55. The summed E-state index contributed by atoms with van der Waals surface area (Å²) in [4.78, 5) is 0. The molecule has 106 valence electrons. The lowest BCUT2D eigenvalue weighted by Crippen LogP contribution is -2.22. The molecule has 1 atom stereocenters. The molecule has 1 aromatic rings. The van der Waals surface area contributed by atoms with Crippen LogP contribution in [0.2, 0.25) is 0 Å².